The number of benzene rings is 1. The fraction of sp³-hybridized carbons (Fsp3) is 0.625. The van der Waals surface area contributed by atoms with Gasteiger partial charge in [0.1, 0.15) is 5.75 Å². The number of rotatable bonds is 9. The van der Waals surface area contributed by atoms with Gasteiger partial charge in [-0.25, -0.2) is 0 Å². The summed E-state index contributed by atoms with van der Waals surface area (Å²) in [6.07, 6.45) is 2.34. The third-order valence-electron chi connectivity index (χ3n) is 3.05. The Balaban J connectivity index is 2.48. The lowest BCUT2D eigenvalue weighted by molar-refractivity contribution is 0.113. The molecular formula is C16H27NO2. The molecule has 0 aromatic heterocycles. The van der Waals surface area contributed by atoms with E-state index < -0.39 is 0 Å². The van der Waals surface area contributed by atoms with E-state index >= 15 is 0 Å². The van der Waals surface area contributed by atoms with E-state index in [1.807, 2.05) is 13.1 Å². The van der Waals surface area contributed by atoms with Crippen molar-refractivity contribution in [1.82, 2.24) is 5.32 Å². The Labute approximate surface area is 117 Å². The van der Waals surface area contributed by atoms with Crippen molar-refractivity contribution in [2.24, 2.45) is 5.92 Å². The van der Waals surface area contributed by atoms with Gasteiger partial charge in [-0.15, -0.1) is 0 Å². The van der Waals surface area contributed by atoms with Crippen LogP contribution >= 0.6 is 0 Å². The van der Waals surface area contributed by atoms with E-state index in [0.717, 1.165) is 36.8 Å². The molecule has 1 aromatic carbocycles. The molecule has 0 saturated heterocycles. The smallest absolute Gasteiger partial charge is 0.124 e. The van der Waals surface area contributed by atoms with Gasteiger partial charge in [0.2, 0.25) is 0 Å². The molecule has 0 atom stereocenters. The lowest BCUT2D eigenvalue weighted by Crippen LogP contribution is -2.06. The molecule has 19 heavy (non-hydrogen) atoms. The summed E-state index contributed by atoms with van der Waals surface area (Å²) in [6, 6.07) is 6.24. The third kappa shape index (κ3) is 6.08. The molecule has 3 heteroatoms. The van der Waals surface area contributed by atoms with Crippen LogP contribution < -0.4 is 10.1 Å². The Hall–Kier alpha value is -1.06. The zero-order valence-electron chi connectivity index (χ0n) is 12.7. The van der Waals surface area contributed by atoms with Crippen molar-refractivity contribution in [2.75, 3.05) is 20.8 Å². The standard InChI is InChI=1S/C16H27NO2/c1-13(2)6-5-9-19-12-15-10-14(11-17-3)7-8-16(15)18-4/h7-8,10,13,17H,5-6,9,11-12H2,1-4H3. The van der Waals surface area contributed by atoms with Crippen molar-refractivity contribution in [3.8, 4) is 5.75 Å². The minimum Gasteiger partial charge on any atom is -0.496 e. The molecular weight excluding hydrogens is 238 g/mol. The molecule has 0 aliphatic carbocycles. The van der Waals surface area contributed by atoms with Gasteiger partial charge in [-0.1, -0.05) is 19.9 Å². The van der Waals surface area contributed by atoms with Gasteiger partial charge in [0, 0.05) is 18.7 Å². The Bertz CT molecular complexity index is 364. The average Bonchev–Trinajstić information content (AvgIpc) is 2.38. The first-order valence-corrected chi connectivity index (χ1v) is 7.05. The van der Waals surface area contributed by atoms with Crippen LogP contribution in [0.3, 0.4) is 0 Å². The zero-order chi connectivity index (χ0) is 14.1. The molecule has 108 valence electrons. The molecule has 0 saturated carbocycles. The highest BCUT2D eigenvalue weighted by Crippen LogP contribution is 2.21. The number of methoxy groups -OCH3 is 1. The highest BCUT2D eigenvalue weighted by Gasteiger charge is 2.05. The minimum absolute atomic E-state index is 0.624. The van der Waals surface area contributed by atoms with E-state index in [2.05, 4.69) is 31.3 Å². The first-order chi connectivity index (χ1) is 9.17. The van der Waals surface area contributed by atoms with E-state index in [4.69, 9.17) is 9.47 Å². The number of nitrogens with one attached hydrogen (secondary N) is 1. The SMILES string of the molecule is CNCc1ccc(OC)c(COCCCC(C)C)c1. The maximum Gasteiger partial charge on any atom is 0.124 e. The molecule has 1 rings (SSSR count). The quantitative estimate of drug-likeness (QED) is 0.694. The van der Waals surface area contributed by atoms with Gasteiger partial charge in [0.05, 0.1) is 13.7 Å². The zero-order valence-corrected chi connectivity index (χ0v) is 12.7. The number of ether oxygens (including phenoxy) is 2. The van der Waals surface area contributed by atoms with Crippen molar-refractivity contribution < 1.29 is 9.47 Å². The Morgan fingerprint density at radius 3 is 2.68 bits per heavy atom. The van der Waals surface area contributed by atoms with Crippen LogP contribution in [0.25, 0.3) is 0 Å². The molecule has 0 amide bonds. The second-order valence-electron chi connectivity index (χ2n) is 5.27. The highest BCUT2D eigenvalue weighted by atomic mass is 16.5. The van der Waals surface area contributed by atoms with Crippen molar-refractivity contribution in [2.45, 2.75) is 39.8 Å². The van der Waals surface area contributed by atoms with Crippen LogP contribution in [0.15, 0.2) is 18.2 Å². The van der Waals surface area contributed by atoms with E-state index in [-0.39, 0.29) is 0 Å². The maximum atomic E-state index is 5.75. The van der Waals surface area contributed by atoms with Crippen LogP contribution in [0, 0.1) is 5.92 Å². The first-order valence-electron chi connectivity index (χ1n) is 7.05. The molecule has 0 fully saturated rings. The molecule has 0 unspecified atom stereocenters. The second kappa shape index (κ2) is 8.94. The van der Waals surface area contributed by atoms with Crippen LogP contribution in [0.1, 0.15) is 37.8 Å². The Morgan fingerprint density at radius 2 is 2.05 bits per heavy atom. The van der Waals surface area contributed by atoms with Crippen molar-refractivity contribution in [1.29, 1.82) is 0 Å². The Morgan fingerprint density at radius 1 is 1.26 bits per heavy atom. The van der Waals surface area contributed by atoms with E-state index in [9.17, 15) is 0 Å². The summed E-state index contributed by atoms with van der Waals surface area (Å²) in [5.74, 6) is 1.65. The lowest BCUT2D eigenvalue weighted by atomic mass is 10.1. The molecule has 1 aromatic rings. The average molecular weight is 265 g/mol. The number of hydrogen-bond donors (Lipinski definition) is 1. The van der Waals surface area contributed by atoms with Gasteiger partial charge in [0.25, 0.3) is 0 Å². The van der Waals surface area contributed by atoms with Crippen LogP contribution in [0.2, 0.25) is 0 Å². The molecule has 3 nitrogen and oxygen atoms in total. The van der Waals surface area contributed by atoms with Gasteiger partial charge >= 0.3 is 0 Å². The predicted octanol–water partition coefficient (Wildman–Crippen LogP) is 3.37. The highest BCUT2D eigenvalue weighted by molar-refractivity contribution is 5.36. The summed E-state index contributed by atoms with van der Waals surface area (Å²) in [5.41, 5.74) is 2.38. The van der Waals surface area contributed by atoms with Crippen molar-refractivity contribution >= 4 is 0 Å². The van der Waals surface area contributed by atoms with Gasteiger partial charge in [-0.05, 0) is 43.5 Å². The van der Waals surface area contributed by atoms with Gasteiger partial charge in [0.15, 0.2) is 0 Å². The van der Waals surface area contributed by atoms with Gasteiger partial charge < -0.3 is 14.8 Å². The molecule has 0 aliphatic rings. The normalized spacial score (nSPS) is 11.0. The van der Waals surface area contributed by atoms with Crippen LogP contribution in [0.4, 0.5) is 0 Å². The minimum atomic E-state index is 0.624. The number of hydrogen-bond acceptors (Lipinski definition) is 3. The molecule has 0 radical (unpaired) electrons. The fourth-order valence-corrected chi connectivity index (χ4v) is 2.03. The van der Waals surface area contributed by atoms with Crippen LogP contribution in [-0.4, -0.2) is 20.8 Å². The fourth-order valence-electron chi connectivity index (χ4n) is 2.03. The maximum absolute atomic E-state index is 5.75. The van der Waals surface area contributed by atoms with E-state index in [1.165, 1.54) is 12.0 Å². The molecule has 0 heterocycles. The van der Waals surface area contributed by atoms with Gasteiger partial charge in [-0.3, -0.25) is 0 Å². The van der Waals surface area contributed by atoms with Crippen molar-refractivity contribution in [3.05, 3.63) is 29.3 Å². The first kappa shape index (κ1) is 16.0. The summed E-state index contributed by atoms with van der Waals surface area (Å²) < 4.78 is 11.1. The molecule has 1 N–H and O–H groups in total. The Kier molecular flexibility index (Phi) is 7.53. The molecule has 0 bridgehead atoms. The third-order valence-corrected chi connectivity index (χ3v) is 3.05. The summed E-state index contributed by atoms with van der Waals surface area (Å²) >= 11 is 0. The van der Waals surface area contributed by atoms with E-state index in [0.29, 0.717) is 6.61 Å². The van der Waals surface area contributed by atoms with Gasteiger partial charge in [-0.2, -0.15) is 0 Å². The second-order valence-corrected chi connectivity index (χ2v) is 5.27. The van der Waals surface area contributed by atoms with Crippen LogP contribution in [0.5, 0.6) is 5.75 Å². The summed E-state index contributed by atoms with van der Waals surface area (Å²) in [6.45, 7) is 6.79. The summed E-state index contributed by atoms with van der Waals surface area (Å²) in [5, 5.41) is 3.16. The van der Waals surface area contributed by atoms with Crippen molar-refractivity contribution in [3.63, 3.8) is 0 Å². The predicted molar refractivity (Wildman–Crippen MR) is 79.5 cm³/mol. The summed E-state index contributed by atoms with van der Waals surface area (Å²) in [7, 11) is 3.65. The van der Waals surface area contributed by atoms with E-state index in [1.54, 1.807) is 7.11 Å². The summed E-state index contributed by atoms with van der Waals surface area (Å²) in [4.78, 5) is 0. The molecule has 0 aliphatic heterocycles. The monoisotopic (exact) mass is 265 g/mol. The molecule has 0 spiro atoms. The topological polar surface area (TPSA) is 30.5 Å². The van der Waals surface area contributed by atoms with Crippen LogP contribution in [-0.2, 0) is 17.9 Å². The largest absolute Gasteiger partial charge is 0.496 e. The lowest BCUT2D eigenvalue weighted by Gasteiger charge is -2.12.